The van der Waals surface area contributed by atoms with Crippen molar-refractivity contribution in [1.29, 1.82) is 0 Å². The third-order valence-corrected chi connectivity index (χ3v) is 8.10. The van der Waals surface area contributed by atoms with Crippen molar-refractivity contribution in [3.63, 3.8) is 0 Å². The van der Waals surface area contributed by atoms with E-state index in [1.165, 1.54) is 15.4 Å². The molecule has 1 saturated carbocycles. The van der Waals surface area contributed by atoms with Crippen LogP contribution < -0.4 is 5.14 Å². The summed E-state index contributed by atoms with van der Waals surface area (Å²) in [7, 11) is -3.65. The summed E-state index contributed by atoms with van der Waals surface area (Å²) < 4.78 is 26.8. The molecule has 2 fully saturated rings. The Labute approximate surface area is 159 Å². The fraction of sp³-hybridized carbons (Fsp3) is 0.526. The van der Waals surface area contributed by atoms with E-state index in [9.17, 15) is 13.5 Å². The summed E-state index contributed by atoms with van der Waals surface area (Å²) >= 11 is 0. The van der Waals surface area contributed by atoms with Crippen LogP contribution in [0.5, 0.6) is 0 Å². The minimum Gasteiger partial charge on any atom is -0.392 e. The number of benzene rings is 1. The molecule has 1 aromatic heterocycles. The second-order valence-corrected chi connectivity index (χ2v) is 9.72. The van der Waals surface area contributed by atoms with Gasteiger partial charge in [0.05, 0.1) is 30.4 Å². The molecule has 27 heavy (non-hydrogen) atoms. The smallest absolute Gasteiger partial charge is 0.276 e. The molecular formula is C19H24N4O3S. The Hall–Kier alpha value is -1.74. The Bertz CT molecular complexity index is 978. The first-order chi connectivity index (χ1) is 12.9. The molecule has 3 aliphatic rings. The highest BCUT2D eigenvalue weighted by Crippen LogP contribution is 2.55. The maximum Gasteiger partial charge on any atom is 0.276 e. The van der Waals surface area contributed by atoms with Gasteiger partial charge in [0, 0.05) is 24.6 Å². The zero-order valence-corrected chi connectivity index (χ0v) is 15.8. The molecular weight excluding hydrogens is 364 g/mol. The lowest BCUT2D eigenvalue weighted by Gasteiger charge is -2.41. The van der Waals surface area contributed by atoms with Crippen molar-refractivity contribution < 1.29 is 13.5 Å². The summed E-state index contributed by atoms with van der Waals surface area (Å²) in [6, 6.07) is 8.43. The number of imidazole rings is 1. The molecule has 3 atom stereocenters. The number of hydrogen-bond acceptors (Lipinski definition) is 4. The Balaban J connectivity index is 1.44. The fourth-order valence-electron chi connectivity index (χ4n) is 5.59. The number of nitrogens with zero attached hydrogens (tertiary/aromatic N) is 3. The number of rotatable bonds is 2. The van der Waals surface area contributed by atoms with Crippen LogP contribution in [0.15, 0.2) is 36.8 Å². The van der Waals surface area contributed by atoms with E-state index in [1.54, 1.807) is 0 Å². The van der Waals surface area contributed by atoms with Crippen LogP contribution in [0.3, 0.4) is 0 Å². The number of aromatic nitrogens is 2. The second kappa shape index (κ2) is 5.88. The molecule has 8 heteroatoms. The van der Waals surface area contributed by atoms with Gasteiger partial charge in [-0.05, 0) is 36.7 Å². The number of aliphatic hydroxyl groups excluding tert-OH is 1. The topological polar surface area (TPSA) is 101 Å². The van der Waals surface area contributed by atoms with E-state index in [0.29, 0.717) is 25.9 Å². The molecule has 3 heterocycles. The van der Waals surface area contributed by atoms with Crippen LogP contribution in [0.2, 0.25) is 0 Å². The van der Waals surface area contributed by atoms with Gasteiger partial charge in [0.25, 0.3) is 10.2 Å². The van der Waals surface area contributed by atoms with Crippen LogP contribution in [0, 0.1) is 11.3 Å². The molecule has 1 saturated heterocycles. The zero-order chi connectivity index (χ0) is 18.8. The van der Waals surface area contributed by atoms with Crippen LogP contribution in [-0.2, 0) is 10.2 Å². The summed E-state index contributed by atoms with van der Waals surface area (Å²) in [5.74, 6) is 0.0997. The maximum absolute atomic E-state index is 11.6. The van der Waals surface area contributed by atoms with Crippen molar-refractivity contribution >= 4 is 10.2 Å². The number of aliphatic hydroxyl groups is 1. The molecule has 0 bridgehead atoms. The van der Waals surface area contributed by atoms with Crippen molar-refractivity contribution in [1.82, 2.24) is 13.9 Å². The SMILES string of the molecule is NS(=O)(=O)N1CCC2(CCC(C3c4ccccc4-c4cncn43)C2O)CC1. The van der Waals surface area contributed by atoms with Crippen LogP contribution in [0.1, 0.15) is 37.3 Å². The monoisotopic (exact) mass is 388 g/mol. The number of fused-ring (bicyclic) bond motifs is 3. The second-order valence-electron chi connectivity index (χ2n) is 8.17. The van der Waals surface area contributed by atoms with Crippen LogP contribution in [-0.4, -0.2) is 46.6 Å². The molecule has 2 aromatic rings. The average Bonchev–Trinajstić information content (AvgIpc) is 3.30. The predicted octanol–water partition coefficient (Wildman–Crippen LogP) is 1.51. The first kappa shape index (κ1) is 17.4. The van der Waals surface area contributed by atoms with Gasteiger partial charge in [0.1, 0.15) is 0 Å². The highest BCUT2D eigenvalue weighted by Gasteiger charge is 2.53. The summed E-state index contributed by atoms with van der Waals surface area (Å²) in [5, 5.41) is 16.6. The first-order valence-electron chi connectivity index (χ1n) is 9.48. The molecule has 144 valence electrons. The van der Waals surface area contributed by atoms with Crippen molar-refractivity contribution in [2.24, 2.45) is 16.5 Å². The number of piperidine rings is 1. The van der Waals surface area contributed by atoms with Crippen molar-refractivity contribution in [3.05, 3.63) is 42.4 Å². The minimum atomic E-state index is -3.65. The van der Waals surface area contributed by atoms with E-state index in [-0.39, 0.29) is 17.4 Å². The van der Waals surface area contributed by atoms with Crippen LogP contribution in [0.25, 0.3) is 11.3 Å². The van der Waals surface area contributed by atoms with E-state index < -0.39 is 16.3 Å². The Morgan fingerprint density at radius 2 is 1.93 bits per heavy atom. The normalized spacial score (nSPS) is 29.8. The van der Waals surface area contributed by atoms with Gasteiger partial charge in [0.15, 0.2) is 0 Å². The largest absolute Gasteiger partial charge is 0.392 e. The van der Waals surface area contributed by atoms with Gasteiger partial charge in [-0.1, -0.05) is 24.3 Å². The lowest BCUT2D eigenvalue weighted by atomic mass is 9.73. The lowest BCUT2D eigenvalue weighted by molar-refractivity contribution is -0.0146. The van der Waals surface area contributed by atoms with Crippen molar-refractivity contribution in [2.45, 2.75) is 37.8 Å². The summed E-state index contributed by atoms with van der Waals surface area (Å²) in [6.07, 6.45) is 6.44. The maximum atomic E-state index is 11.6. The van der Waals surface area contributed by atoms with Gasteiger partial charge in [-0.2, -0.15) is 12.7 Å². The fourth-order valence-corrected chi connectivity index (χ4v) is 6.28. The number of hydrogen-bond donors (Lipinski definition) is 2. The molecule has 0 radical (unpaired) electrons. The summed E-state index contributed by atoms with van der Waals surface area (Å²) in [4.78, 5) is 4.32. The molecule has 7 nitrogen and oxygen atoms in total. The van der Waals surface area contributed by atoms with E-state index in [4.69, 9.17) is 5.14 Å². The van der Waals surface area contributed by atoms with Gasteiger partial charge in [0.2, 0.25) is 0 Å². The molecule has 5 rings (SSSR count). The van der Waals surface area contributed by atoms with E-state index >= 15 is 0 Å². The lowest BCUT2D eigenvalue weighted by Crippen LogP contribution is -2.49. The zero-order valence-electron chi connectivity index (χ0n) is 15.0. The molecule has 0 amide bonds. The van der Waals surface area contributed by atoms with E-state index in [2.05, 4.69) is 21.7 Å². The Kier molecular flexibility index (Phi) is 3.78. The van der Waals surface area contributed by atoms with Crippen molar-refractivity contribution in [3.8, 4) is 11.3 Å². The minimum absolute atomic E-state index is 0.0874. The molecule has 1 spiro atoms. The van der Waals surface area contributed by atoms with Gasteiger partial charge in [-0.25, -0.2) is 10.1 Å². The predicted molar refractivity (Wildman–Crippen MR) is 101 cm³/mol. The van der Waals surface area contributed by atoms with Gasteiger partial charge in [-0.3, -0.25) is 0 Å². The van der Waals surface area contributed by atoms with E-state index in [1.807, 2.05) is 24.7 Å². The Morgan fingerprint density at radius 3 is 2.67 bits per heavy atom. The number of nitrogens with two attached hydrogens (primary N) is 1. The third kappa shape index (κ3) is 2.51. The summed E-state index contributed by atoms with van der Waals surface area (Å²) in [6.45, 7) is 0.778. The highest BCUT2D eigenvalue weighted by atomic mass is 32.2. The van der Waals surface area contributed by atoms with Crippen LogP contribution in [0.4, 0.5) is 0 Å². The van der Waals surface area contributed by atoms with Gasteiger partial charge >= 0.3 is 0 Å². The molecule has 3 N–H and O–H groups in total. The first-order valence-corrected chi connectivity index (χ1v) is 11.0. The van der Waals surface area contributed by atoms with Crippen LogP contribution >= 0.6 is 0 Å². The standard InChI is InChI=1S/C19H24N4O3S/c20-27(25,26)22-9-7-19(8-10-22)6-5-15(18(19)24)17-14-4-2-1-3-13(14)16-11-21-12-23(16)17/h1-4,11-12,15,17-18,24H,5-10H2,(H2,20,25,26). The average molecular weight is 388 g/mol. The van der Waals surface area contributed by atoms with Crippen molar-refractivity contribution in [2.75, 3.05) is 13.1 Å². The van der Waals surface area contributed by atoms with Gasteiger partial charge in [-0.15, -0.1) is 0 Å². The van der Waals surface area contributed by atoms with E-state index in [0.717, 1.165) is 18.5 Å². The molecule has 3 unspecified atom stereocenters. The quantitative estimate of drug-likeness (QED) is 0.814. The molecule has 1 aromatic carbocycles. The summed E-state index contributed by atoms with van der Waals surface area (Å²) in [5.41, 5.74) is 3.33. The molecule has 2 aliphatic heterocycles. The highest BCUT2D eigenvalue weighted by molar-refractivity contribution is 7.86. The van der Waals surface area contributed by atoms with Gasteiger partial charge < -0.3 is 9.67 Å². The Morgan fingerprint density at radius 1 is 1.19 bits per heavy atom. The molecule has 1 aliphatic carbocycles. The third-order valence-electron chi connectivity index (χ3n) is 7.01.